The topological polar surface area (TPSA) is 81.1 Å². The van der Waals surface area contributed by atoms with Crippen LogP contribution in [0.4, 0.5) is 0 Å². The van der Waals surface area contributed by atoms with Crippen molar-refractivity contribution < 1.29 is 19.8 Å². The molecule has 21 heavy (non-hydrogen) atoms. The Morgan fingerprint density at radius 2 is 1.67 bits per heavy atom. The molecule has 1 amide bonds. The Bertz CT molecular complexity index is 457. The van der Waals surface area contributed by atoms with Gasteiger partial charge < -0.3 is 15.1 Å². The average Bonchev–Trinajstić information content (AvgIpc) is 3.08. The fourth-order valence-electron chi connectivity index (χ4n) is 4.04. The minimum atomic E-state index is -0.843. The molecule has 1 heterocycles. The number of aliphatic hydroxyl groups excluding tert-OH is 1. The number of fused-ring (bicyclic) bond motifs is 2. The van der Waals surface area contributed by atoms with Crippen molar-refractivity contribution in [1.29, 1.82) is 0 Å². The number of aliphatic hydroxyl groups is 1. The summed E-state index contributed by atoms with van der Waals surface area (Å²) in [6.45, 7) is 3.52. The number of piperazine rings is 1. The second-order valence-corrected chi connectivity index (χ2v) is 6.23. The lowest BCUT2D eigenvalue weighted by Crippen LogP contribution is -2.52. The van der Waals surface area contributed by atoms with Crippen LogP contribution in [0.5, 0.6) is 0 Å². The van der Waals surface area contributed by atoms with E-state index in [9.17, 15) is 14.7 Å². The van der Waals surface area contributed by atoms with Crippen LogP contribution in [0.3, 0.4) is 0 Å². The molecular formula is C15H22N2O4. The van der Waals surface area contributed by atoms with Crippen molar-refractivity contribution in [3.8, 4) is 0 Å². The molecule has 2 aliphatic carbocycles. The average molecular weight is 294 g/mol. The number of carbonyl (C=O) groups excluding carboxylic acids is 1. The number of rotatable bonds is 4. The maximum absolute atomic E-state index is 12.7. The molecule has 0 unspecified atom stereocenters. The number of hydrogen-bond donors (Lipinski definition) is 2. The van der Waals surface area contributed by atoms with Crippen LogP contribution in [0.15, 0.2) is 12.2 Å². The Morgan fingerprint density at radius 1 is 1.05 bits per heavy atom. The van der Waals surface area contributed by atoms with Crippen LogP contribution < -0.4 is 0 Å². The Balaban J connectivity index is 1.66. The van der Waals surface area contributed by atoms with Gasteiger partial charge in [-0.2, -0.15) is 0 Å². The standard InChI is InChI=1S/C15H22N2O4/c18-8-7-16-3-5-17(6-4-16)14(19)12-10-1-2-11(9-10)13(12)15(20)21/h1-2,10-13,18H,3-9H2,(H,20,21)/t10-,11+,12+,13+/m1/s1. The fraction of sp³-hybridized carbons (Fsp3) is 0.733. The van der Waals surface area contributed by atoms with Crippen LogP contribution in [0, 0.1) is 23.7 Å². The van der Waals surface area contributed by atoms with E-state index >= 15 is 0 Å². The van der Waals surface area contributed by atoms with E-state index in [1.807, 2.05) is 17.1 Å². The van der Waals surface area contributed by atoms with Gasteiger partial charge >= 0.3 is 5.97 Å². The van der Waals surface area contributed by atoms with Crippen LogP contribution in [0.25, 0.3) is 0 Å². The predicted octanol–water partition coefficient (Wildman–Crippen LogP) is -0.354. The number of nitrogens with zero attached hydrogens (tertiary/aromatic N) is 2. The summed E-state index contributed by atoms with van der Waals surface area (Å²) in [6, 6.07) is 0. The van der Waals surface area contributed by atoms with Gasteiger partial charge in [0.25, 0.3) is 0 Å². The molecule has 1 saturated carbocycles. The summed E-state index contributed by atoms with van der Waals surface area (Å²) in [7, 11) is 0. The summed E-state index contributed by atoms with van der Waals surface area (Å²) < 4.78 is 0. The van der Waals surface area contributed by atoms with Crippen molar-refractivity contribution in [2.24, 2.45) is 23.7 Å². The summed E-state index contributed by atoms with van der Waals surface area (Å²) >= 11 is 0. The number of aliphatic carboxylic acids is 1. The van der Waals surface area contributed by atoms with Gasteiger partial charge in [0.1, 0.15) is 0 Å². The summed E-state index contributed by atoms with van der Waals surface area (Å²) in [5.74, 6) is -1.66. The molecule has 0 spiro atoms. The van der Waals surface area contributed by atoms with Gasteiger partial charge in [-0.05, 0) is 18.3 Å². The van der Waals surface area contributed by atoms with Gasteiger partial charge in [-0.1, -0.05) is 12.2 Å². The molecule has 0 aromatic rings. The third-order valence-electron chi connectivity index (χ3n) is 5.13. The molecule has 1 aliphatic heterocycles. The highest BCUT2D eigenvalue weighted by atomic mass is 16.4. The van der Waals surface area contributed by atoms with Gasteiger partial charge in [0.15, 0.2) is 0 Å². The number of carboxylic acids is 1. The van der Waals surface area contributed by atoms with Crippen LogP contribution >= 0.6 is 0 Å². The lowest BCUT2D eigenvalue weighted by molar-refractivity contribution is -0.151. The summed E-state index contributed by atoms with van der Waals surface area (Å²) in [6.07, 6.45) is 4.79. The lowest BCUT2D eigenvalue weighted by atomic mass is 9.82. The molecule has 4 atom stereocenters. The first-order valence-corrected chi connectivity index (χ1v) is 7.65. The highest BCUT2D eigenvalue weighted by molar-refractivity contribution is 5.87. The van der Waals surface area contributed by atoms with Crippen LogP contribution in [0.2, 0.25) is 0 Å². The molecular weight excluding hydrogens is 272 g/mol. The number of amides is 1. The zero-order valence-electron chi connectivity index (χ0n) is 12.0. The van der Waals surface area contributed by atoms with Crippen molar-refractivity contribution in [1.82, 2.24) is 9.80 Å². The van der Waals surface area contributed by atoms with Gasteiger partial charge in [-0.25, -0.2) is 0 Å². The Kier molecular flexibility index (Phi) is 3.99. The highest BCUT2D eigenvalue weighted by Crippen LogP contribution is 2.48. The summed E-state index contributed by atoms with van der Waals surface area (Å²) in [5, 5.41) is 18.4. The van der Waals surface area contributed by atoms with Gasteiger partial charge in [-0.3, -0.25) is 14.5 Å². The molecule has 3 rings (SSSR count). The fourth-order valence-corrected chi connectivity index (χ4v) is 4.04. The second-order valence-electron chi connectivity index (χ2n) is 6.23. The first-order chi connectivity index (χ1) is 10.1. The minimum Gasteiger partial charge on any atom is -0.481 e. The second kappa shape index (κ2) is 5.77. The first-order valence-electron chi connectivity index (χ1n) is 7.65. The van der Waals surface area contributed by atoms with E-state index in [1.165, 1.54) is 0 Å². The molecule has 0 aromatic heterocycles. The molecule has 1 saturated heterocycles. The molecule has 6 heteroatoms. The molecule has 2 N–H and O–H groups in total. The van der Waals surface area contributed by atoms with E-state index in [-0.39, 0.29) is 30.3 Å². The summed E-state index contributed by atoms with van der Waals surface area (Å²) in [4.78, 5) is 28.1. The van der Waals surface area contributed by atoms with E-state index in [1.54, 1.807) is 0 Å². The van der Waals surface area contributed by atoms with Crippen molar-refractivity contribution in [2.45, 2.75) is 6.42 Å². The first kappa shape index (κ1) is 14.5. The summed E-state index contributed by atoms with van der Waals surface area (Å²) in [5.41, 5.74) is 0. The van der Waals surface area contributed by atoms with E-state index in [0.29, 0.717) is 19.6 Å². The zero-order chi connectivity index (χ0) is 15.0. The van der Waals surface area contributed by atoms with Crippen LogP contribution in [-0.4, -0.2) is 71.2 Å². The Hall–Kier alpha value is -1.40. The SMILES string of the molecule is O=C(O)[C@@H]1[C@@H](C(=O)N2CCN(CCO)CC2)[C@@H]2C=C[C@H]1C2. The largest absolute Gasteiger partial charge is 0.481 e. The monoisotopic (exact) mass is 294 g/mol. The number of allylic oxidation sites excluding steroid dienone is 2. The molecule has 6 nitrogen and oxygen atoms in total. The molecule has 0 radical (unpaired) electrons. The van der Waals surface area contributed by atoms with Crippen LogP contribution in [0.1, 0.15) is 6.42 Å². The molecule has 2 fully saturated rings. The normalized spacial score (nSPS) is 35.4. The molecule has 2 bridgehead atoms. The van der Waals surface area contributed by atoms with Gasteiger partial charge in [-0.15, -0.1) is 0 Å². The van der Waals surface area contributed by atoms with Crippen molar-refractivity contribution >= 4 is 11.9 Å². The quantitative estimate of drug-likeness (QED) is 0.693. The molecule has 3 aliphatic rings. The minimum absolute atomic E-state index is 0.00268. The highest BCUT2D eigenvalue weighted by Gasteiger charge is 2.52. The molecule has 0 aromatic carbocycles. The Labute approximate surface area is 124 Å². The number of carboxylic acid groups (broad SMARTS) is 1. The number of hydrogen-bond acceptors (Lipinski definition) is 4. The van der Waals surface area contributed by atoms with Gasteiger partial charge in [0.2, 0.25) is 5.91 Å². The van der Waals surface area contributed by atoms with E-state index in [2.05, 4.69) is 4.90 Å². The van der Waals surface area contributed by atoms with Gasteiger partial charge in [0.05, 0.1) is 18.4 Å². The third kappa shape index (κ3) is 2.58. The maximum atomic E-state index is 12.7. The van der Waals surface area contributed by atoms with Crippen LogP contribution in [-0.2, 0) is 9.59 Å². The van der Waals surface area contributed by atoms with E-state index in [4.69, 9.17) is 5.11 Å². The third-order valence-corrected chi connectivity index (χ3v) is 5.13. The van der Waals surface area contributed by atoms with E-state index in [0.717, 1.165) is 19.5 Å². The van der Waals surface area contributed by atoms with Crippen molar-refractivity contribution in [2.75, 3.05) is 39.3 Å². The van der Waals surface area contributed by atoms with E-state index < -0.39 is 11.9 Å². The lowest BCUT2D eigenvalue weighted by Gasteiger charge is -2.37. The van der Waals surface area contributed by atoms with Gasteiger partial charge in [0, 0.05) is 32.7 Å². The molecule has 116 valence electrons. The smallest absolute Gasteiger partial charge is 0.307 e. The predicted molar refractivity (Wildman–Crippen MR) is 75.5 cm³/mol. The van der Waals surface area contributed by atoms with Crippen molar-refractivity contribution in [3.63, 3.8) is 0 Å². The zero-order valence-corrected chi connectivity index (χ0v) is 12.0. The number of β-amino-alcohol motifs (C(OH)–C–C–N with tert-alkyl or cyclic N) is 1. The van der Waals surface area contributed by atoms with Crippen molar-refractivity contribution in [3.05, 3.63) is 12.2 Å². The maximum Gasteiger partial charge on any atom is 0.307 e. The Morgan fingerprint density at radius 3 is 2.24 bits per heavy atom. The number of carbonyl (C=O) groups is 2.